The van der Waals surface area contributed by atoms with E-state index in [4.69, 9.17) is 4.74 Å². The van der Waals surface area contributed by atoms with Crippen molar-refractivity contribution < 1.29 is 13.2 Å². The number of aromatic nitrogens is 2. The number of nitrogens with zero attached hydrogens (tertiary/aromatic N) is 1. The lowest BCUT2D eigenvalue weighted by Crippen LogP contribution is -2.33. The van der Waals surface area contributed by atoms with Crippen LogP contribution in [0.25, 0.3) is 0 Å². The van der Waals surface area contributed by atoms with Crippen LogP contribution in [0.15, 0.2) is 11.1 Å². The number of ether oxygens (including phenoxy) is 1. The van der Waals surface area contributed by atoms with Crippen LogP contribution in [0.2, 0.25) is 0 Å². The summed E-state index contributed by atoms with van der Waals surface area (Å²) in [4.78, 5) is 0.189. The summed E-state index contributed by atoms with van der Waals surface area (Å²) in [6.07, 6.45) is 1.30. The number of H-pyrrole nitrogens is 1. The highest BCUT2D eigenvalue weighted by Gasteiger charge is 2.17. The quantitative estimate of drug-likeness (QED) is 0.535. The van der Waals surface area contributed by atoms with Gasteiger partial charge in [0, 0.05) is 26.7 Å². The van der Waals surface area contributed by atoms with E-state index in [1.165, 1.54) is 6.20 Å². The van der Waals surface area contributed by atoms with Crippen LogP contribution < -0.4 is 10.0 Å². The minimum atomic E-state index is -3.46. The Morgan fingerprint density at radius 2 is 2.18 bits per heavy atom. The fourth-order valence-corrected chi connectivity index (χ4v) is 2.43. The zero-order valence-electron chi connectivity index (χ0n) is 9.99. The molecule has 1 heterocycles. The zero-order valence-corrected chi connectivity index (χ0v) is 10.8. The smallest absolute Gasteiger partial charge is 0.243 e. The molecule has 8 heteroatoms. The molecule has 0 radical (unpaired) electrons. The third kappa shape index (κ3) is 4.43. The molecular weight excluding hydrogens is 244 g/mol. The Bertz CT molecular complexity index is 429. The SMILES string of the molecule is COCCNCCNS(=O)(=O)c1cn[nH]c1C. The summed E-state index contributed by atoms with van der Waals surface area (Å²) >= 11 is 0. The van der Waals surface area contributed by atoms with Crippen LogP contribution in [0.4, 0.5) is 0 Å². The Labute approximate surface area is 101 Å². The Hall–Kier alpha value is -0.960. The van der Waals surface area contributed by atoms with Crippen molar-refractivity contribution in [3.05, 3.63) is 11.9 Å². The first-order valence-electron chi connectivity index (χ1n) is 5.27. The van der Waals surface area contributed by atoms with E-state index in [9.17, 15) is 8.42 Å². The van der Waals surface area contributed by atoms with Crippen LogP contribution in [-0.4, -0.2) is 52.0 Å². The Kier molecular flexibility index (Phi) is 5.56. The lowest BCUT2D eigenvalue weighted by Gasteiger charge is -2.06. The summed E-state index contributed by atoms with van der Waals surface area (Å²) in [7, 11) is -1.84. The van der Waals surface area contributed by atoms with E-state index >= 15 is 0 Å². The van der Waals surface area contributed by atoms with Crippen LogP contribution in [-0.2, 0) is 14.8 Å². The molecule has 1 aromatic heterocycles. The van der Waals surface area contributed by atoms with Crippen LogP contribution in [0.5, 0.6) is 0 Å². The second-order valence-corrected chi connectivity index (χ2v) is 5.24. The molecule has 17 heavy (non-hydrogen) atoms. The first-order chi connectivity index (χ1) is 8.08. The molecule has 0 aliphatic heterocycles. The highest BCUT2D eigenvalue weighted by Crippen LogP contribution is 2.09. The summed E-state index contributed by atoms with van der Waals surface area (Å²) in [6.45, 7) is 3.85. The molecular formula is C9H18N4O3S. The molecule has 0 aliphatic carbocycles. The second kappa shape index (κ2) is 6.70. The van der Waals surface area contributed by atoms with Gasteiger partial charge in [0.2, 0.25) is 10.0 Å². The fraction of sp³-hybridized carbons (Fsp3) is 0.667. The van der Waals surface area contributed by atoms with Gasteiger partial charge in [0.25, 0.3) is 0 Å². The van der Waals surface area contributed by atoms with Crippen molar-refractivity contribution in [1.29, 1.82) is 0 Å². The number of sulfonamides is 1. The molecule has 0 bridgehead atoms. The Balaban J connectivity index is 2.34. The predicted molar refractivity (Wildman–Crippen MR) is 63.3 cm³/mol. The lowest BCUT2D eigenvalue weighted by molar-refractivity contribution is 0.199. The van der Waals surface area contributed by atoms with E-state index in [1.54, 1.807) is 14.0 Å². The van der Waals surface area contributed by atoms with E-state index in [1.807, 2.05) is 0 Å². The summed E-state index contributed by atoms with van der Waals surface area (Å²) in [5, 5.41) is 9.32. The van der Waals surface area contributed by atoms with Gasteiger partial charge in [-0.05, 0) is 6.92 Å². The van der Waals surface area contributed by atoms with Crippen LogP contribution in [0.1, 0.15) is 5.69 Å². The summed E-state index contributed by atoms with van der Waals surface area (Å²) < 4.78 is 30.9. The average Bonchev–Trinajstić information content (AvgIpc) is 2.70. The molecule has 0 spiro atoms. The zero-order chi connectivity index (χ0) is 12.7. The van der Waals surface area contributed by atoms with Gasteiger partial charge >= 0.3 is 0 Å². The van der Waals surface area contributed by atoms with Gasteiger partial charge in [0.15, 0.2) is 0 Å². The van der Waals surface area contributed by atoms with Crippen molar-refractivity contribution >= 4 is 10.0 Å². The fourth-order valence-electron chi connectivity index (χ4n) is 1.26. The molecule has 3 N–H and O–H groups in total. The van der Waals surface area contributed by atoms with Gasteiger partial charge in [-0.2, -0.15) is 5.10 Å². The van der Waals surface area contributed by atoms with Gasteiger partial charge in [-0.3, -0.25) is 5.10 Å². The molecule has 0 aromatic carbocycles. The van der Waals surface area contributed by atoms with Crippen LogP contribution in [0.3, 0.4) is 0 Å². The number of aromatic amines is 1. The molecule has 0 saturated carbocycles. The first-order valence-corrected chi connectivity index (χ1v) is 6.75. The molecule has 0 amide bonds. The molecule has 0 saturated heterocycles. The third-order valence-electron chi connectivity index (χ3n) is 2.15. The number of hydrogen-bond acceptors (Lipinski definition) is 5. The van der Waals surface area contributed by atoms with Gasteiger partial charge < -0.3 is 10.1 Å². The second-order valence-electron chi connectivity index (χ2n) is 3.50. The topological polar surface area (TPSA) is 96.1 Å². The minimum Gasteiger partial charge on any atom is -0.383 e. The van der Waals surface area contributed by atoms with Gasteiger partial charge in [0.1, 0.15) is 4.90 Å². The number of methoxy groups -OCH3 is 1. The maximum Gasteiger partial charge on any atom is 0.243 e. The molecule has 0 fully saturated rings. The summed E-state index contributed by atoms with van der Waals surface area (Å²) in [5.74, 6) is 0. The Morgan fingerprint density at radius 1 is 1.41 bits per heavy atom. The van der Waals surface area contributed by atoms with Crippen molar-refractivity contribution in [2.45, 2.75) is 11.8 Å². The van der Waals surface area contributed by atoms with E-state index < -0.39 is 10.0 Å². The Morgan fingerprint density at radius 3 is 2.76 bits per heavy atom. The predicted octanol–water partition coefficient (Wildman–Crippen LogP) is -0.768. The summed E-state index contributed by atoms with van der Waals surface area (Å²) in [6, 6.07) is 0. The van der Waals surface area contributed by atoms with Crippen molar-refractivity contribution in [1.82, 2.24) is 20.2 Å². The van der Waals surface area contributed by atoms with E-state index in [0.29, 0.717) is 31.9 Å². The highest BCUT2D eigenvalue weighted by atomic mass is 32.2. The van der Waals surface area contributed by atoms with Crippen molar-refractivity contribution in [2.75, 3.05) is 33.4 Å². The third-order valence-corrected chi connectivity index (χ3v) is 3.72. The largest absolute Gasteiger partial charge is 0.383 e. The number of rotatable bonds is 8. The maximum atomic E-state index is 11.8. The average molecular weight is 262 g/mol. The van der Waals surface area contributed by atoms with E-state index in [2.05, 4.69) is 20.2 Å². The molecule has 0 unspecified atom stereocenters. The van der Waals surface area contributed by atoms with Crippen LogP contribution in [0, 0.1) is 6.92 Å². The molecule has 1 aromatic rings. The van der Waals surface area contributed by atoms with Gasteiger partial charge in [-0.1, -0.05) is 0 Å². The van der Waals surface area contributed by atoms with Crippen molar-refractivity contribution in [3.63, 3.8) is 0 Å². The van der Waals surface area contributed by atoms with Crippen molar-refractivity contribution in [3.8, 4) is 0 Å². The van der Waals surface area contributed by atoms with E-state index in [0.717, 1.165) is 0 Å². The standard InChI is InChI=1S/C9H18N4O3S/c1-8-9(7-11-13-8)17(14,15)12-4-3-10-5-6-16-2/h7,10,12H,3-6H2,1-2H3,(H,11,13). The minimum absolute atomic E-state index is 0.189. The first kappa shape index (κ1) is 14.1. The molecule has 98 valence electrons. The molecule has 1 rings (SSSR count). The molecule has 0 atom stereocenters. The molecule has 0 aliphatic rings. The van der Waals surface area contributed by atoms with Crippen LogP contribution >= 0.6 is 0 Å². The van der Waals surface area contributed by atoms with Gasteiger partial charge in [0.05, 0.1) is 18.5 Å². The number of nitrogens with one attached hydrogen (secondary N) is 3. The molecule has 7 nitrogen and oxygen atoms in total. The normalized spacial score (nSPS) is 11.9. The van der Waals surface area contributed by atoms with Crippen molar-refractivity contribution in [2.24, 2.45) is 0 Å². The maximum absolute atomic E-state index is 11.8. The van der Waals surface area contributed by atoms with Gasteiger partial charge in [-0.25, -0.2) is 13.1 Å². The van der Waals surface area contributed by atoms with Gasteiger partial charge in [-0.15, -0.1) is 0 Å². The lowest BCUT2D eigenvalue weighted by atomic mass is 10.5. The summed E-state index contributed by atoms with van der Waals surface area (Å²) in [5.41, 5.74) is 0.532. The van der Waals surface area contributed by atoms with E-state index in [-0.39, 0.29) is 4.90 Å². The number of aryl methyl sites for hydroxylation is 1. The monoisotopic (exact) mass is 262 g/mol. The highest BCUT2D eigenvalue weighted by molar-refractivity contribution is 7.89. The number of hydrogen-bond donors (Lipinski definition) is 3.